The Bertz CT molecular complexity index is 1050. The van der Waals surface area contributed by atoms with Crippen molar-refractivity contribution in [2.24, 2.45) is 0 Å². The summed E-state index contributed by atoms with van der Waals surface area (Å²) in [5, 5.41) is 10.1. The van der Waals surface area contributed by atoms with Gasteiger partial charge in [-0.05, 0) is 61.5 Å². The molecule has 2 aromatic rings. The molecule has 1 unspecified atom stereocenters. The third kappa shape index (κ3) is 5.50. The van der Waals surface area contributed by atoms with E-state index < -0.39 is 23.9 Å². The van der Waals surface area contributed by atoms with E-state index in [9.17, 15) is 14.4 Å². The molecule has 9 heteroatoms. The predicted octanol–water partition coefficient (Wildman–Crippen LogP) is 3.78. The molecule has 1 heterocycles. The van der Waals surface area contributed by atoms with Crippen LogP contribution in [0.15, 0.2) is 53.4 Å². The van der Waals surface area contributed by atoms with Gasteiger partial charge < -0.3 is 9.84 Å². The lowest BCUT2D eigenvalue weighted by molar-refractivity contribution is -0.145. The van der Waals surface area contributed by atoms with E-state index in [4.69, 9.17) is 22.1 Å². The number of hydrogen-bond donors (Lipinski definition) is 2. The smallest absolute Gasteiger partial charge is 0.344 e. The van der Waals surface area contributed by atoms with E-state index in [0.717, 1.165) is 22.3 Å². The van der Waals surface area contributed by atoms with Crippen molar-refractivity contribution in [3.63, 3.8) is 0 Å². The lowest BCUT2D eigenvalue weighted by atomic mass is 10.1. The Morgan fingerprint density at radius 1 is 1.19 bits per heavy atom. The Balaban J connectivity index is 1.69. The van der Waals surface area contributed by atoms with Gasteiger partial charge in [-0.2, -0.15) is 5.01 Å². The molecule has 31 heavy (non-hydrogen) atoms. The molecular formula is C22H20N2O5S2. The van der Waals surface area contributed by atoms with Crippen LogP contribution in [-0.4, -0.2) is 38.3 Å². The number of benzene rings is 2. The average molecular weight is 457 g/mol. The topological polar surface area (TPSA) is 95.9 Å². The van der Waals surface area contributed by atoms with Gasteiger partial charge in [-0.15, -0.1) is 0 Å². The van der Waals surface area contributed by atoms with Crippen LogP contribution in [0.1, 0.15) is 34.8 Å². The molecule has 2 amide bonds. The third-order valence-corrected chi connectivity index (χ3v) is 5.73. The summed E-state index contributed by atoms with van der Waals surface area (Å²) in [7, 11) is 0. The normalized spacial score (nSPS) is 15.8. The molecule has 2 N–H and O–H groups in total. The summed E-state index contributed by atoms with van der Waals surface area (Å²) in [6.45, 7) is 3.65. The molecule has 0 spiro atoms. The number of carbonyl (C=O) groups is 3. The first-order valence-corrected chi connectivity index (χ1v) is 10.7. The maximum atomic E-state index is 12.7. The molecule has 1 aliphatic heterocycles. The summed E-state index contributed by atoms with van der Waals surface area (Å²) in [5.74, 6) is -1.46. The highest BCUT2D eigenvalue weighted by Gasteiger charge is 2.33. The SMILES string of the molecule is CCC(Oc1ccc(/C=C2/SC(=S)N(NC(=O)c3ccc(C)cc3)C2=O)cc1)C(=O)O. The summed E-state index contributed by atoms with van der Waals surface area (Å²) in [6.07, 6.45) is 1.07. The highest BCUT2D eigenvalue weighted by molar-refractivity contribution is 8.26. The molecule has 160 valence electrons. The number of carbonyl (C=O) groups excluding carboxylic acids is 2. The molecule has 0 saturated carbocycles. The van der Waals surface area contributed by atoms with Crippen LogP contribution in [0.2, 0.25) is 0 Å². The fourth-order valence-electron chi connectivity index (χ4n) is 2.70. The molecule has 1 aliphatic rings. The van der Waals surface area contributed by atoms with Crippen molar-refractivity contribution < 1.29 is 24.2 Å². The maximum absolute atomic E-state index is 12.7. The van der Waals surface area contributed by atoms with Gasteiger partial charge >= 0.3 is 5.97 Å². The first kappa shape index (κ1) is 22.5. The Morgan fingerprint density at radius 3 is 2.42 bits per heavy atom. The predicted molar refractivity (Wildman–Crippen MR) is 122 cm³/mol. The number of thioether (sulfide) groups is 1. The molecule has 0 aromatic heterocycles. The number of carboxylic acids is 1. The number of nitrogens with zero attached hydrogens (tertiary/aromatic N) is 1. The van der Waals surface area contributed by atoms with E-state index in [0.29, 0.717) is 28.2 Å². The zero-order valence-corrected chi connectivity index (χ0v) is 18.5. The van der Waals surface area contributed by atoms with Crippen molar-refractivity contribution in [1.29, 1.82) is 0 Å². The first-order valence-electron chi connectivity index (χ1n) is 9.43. The van der Waals surface area contributed by atoms with E-state index in [1.807, 2.05) is 19.1 Å². The lowest BCUT2D eigenvalue weighted by Crippen LogP contribution is -2.44. The minimum Gasteiger partial charge on any atom is -0.479 e. The number of hydrazine groups is 1. The number of hydrogen-bond acceptors (Lipinski definition) is 6. The first-order chi connectivity index (χ1) is 14.8. The molecule has 0 bridgehead atoms. The Kier molecular flexibility index (Phi) is 7.09. The summed E-state index contributed by atoms with van der Waals surface area (Å²) >= 11 is 6.33. The molecule has 0 aliphatic carbocycles. The minimum atomic E-state index is -1.03. The van der Waals surface area contributed by atoms with Gasteiger partial charge in [-0.1, -0.05) is 48.5 Å². The van der Waals surface area contributed by atoms with Crippen molar-refractivity contribution in [1.82, 2.24) is 10.4 Å². The molecule has 2 aromatic carbocycles. The van der Waals surface area contributed by atoms with Crippen molar-refractivity contribution in [2.75, 3.05) is 0 Å². The molecule has 1 saturated heterocycles. The number of carboxylic acid groups (broad SMARTS) is 1. The van der Waals surface area contributed by atoms with Gasteiger partial charge in [0.1, 0.15) is 5.75 Å². The van der Waals surface area contributed by atoms with Crippen LogP contribution in [-0.2, 0) is 9.59 Å². The van der Waals surface area contributed by atoms with Crippen LogP contribution in [0.5, 0.6) is 5.75 Å². The number of aliphatic carboxylic acids is 1. The van der Waals surface area contributed by atoms with Gasteiger partial charge in [-0.25, -0.2) is 4.79 Å². The van der Waals surface area contributed by atoms with Gasteiger partial charge in [0.05, 0.1) is 4.91 Å². The van der Waals surface area contributed by atoms with Crippen molar-refractivity contribution >= 4 is 52.2 Å². The number of thiocarbonyl (C=S) groups is 1. The van der Waals surface area contributed by atoms with E-state index in [2.05, 4.69) is 5.43 Å². The van der Waals surface area contributed by atoms with E-state index in [1.54, 1.807) is 49.4 Å². The van der Waals surface area contributed by atoms with Gasteiger partial charge in [0, 0.05) is 5.56 Å². The maximum Gasteiger partial charge on any atom is 0.344 e. The second-order valence-electron chi connectivity index (χ2n) is 6.75. The average Bonchev–Trinajstić information content (AvgIpc) is 3.00. The molecule has 7 nitrogen and oxygen atoms in total. The molecule has 3 rings (SSSR count). The molecule has 0 radical (unpaired) electrons. The molecule has 1 fully saturated rings. The van der Waals surface area contributed by atoms with E-state index in [1.165, 1.54) is 0 Å². The Hall–Kier alpha value is -3.17. The van der Waals surface area contributed by atoms with Crippen LogP contribution < -0.4 is 10.2 Å². The lowest BCUT2D eigenvalue weighted by Gasteiger charge is -2.15. The quantitative estimate of drug-likeness (QED) is 0.483. The second kappa shape index (κ2) is 9.76. The van der Waals surface area contributed by atoms with Crippen LogP contribution in [0.3, 0.4) is 0 Å². The number of amides is 2. The van der Waals surface area contributed by atoms with Gasteiger partial charge in [0.25, 0.3) is 11.8 Å². The fourth-order valence-corrected chi connectivity index (χ4v) is 3.88. The fraction of sp³-hybridized carbons (Fsp3) is 0.182. The zero-order valence-electron chi connectivity index (χ0n) is 16.8. The Morgan fingerprint density at radius 2 is 1.84 bits per heavy atom. The van der Waals surface area contributed by atoms with Gasteiger partial charge in [0.2, 0.25) is 0 Å². The largest absolute Gasteiger partial charge is 0.479 e. The van der Waals surface area contributed by atoms with Crippen LogP contribution >= 0.6 is 24.0 Å². The number of nitrogens with one attached hydrogen (secondary N) is 1. The number of aryl methyl sites for hydroxylation is 1. The summed E-state index contributed by atoms with van der Waals surface area (Å²) in [4.78, 5) is 36.6. The zero-order chi connectivity index (χ0) is 22.5. The minimum absolute atomic E-state index is 0.226. The van der Waals surface area contributed by atoms with Crippen LogP contribution in [0, 0.1) is 6.92 Å². The van der Waals surface area contributed by atoms with Crippen LogP contribution in [0.4, 0.5) is 0 Å². The molecule has 1 atom stereocenters. The molecular weight excluding hydrogens is 436 g/mol. The monoisotopic (exact) mass is 456 g/mol. The highest BCUT2D eigenvalue weighted by Crippen LogP contribution is 2.31. The van der Waals surface area contributed by atoms with Crippen LogP contribution in [0.25, 0.3) is 6.08 Å². The summed E-state index contributed by atoms with van der Waals surface area (Å²) < 4.78 is 5.66. The third-order valence-electron chi connectivity index (χ3n) is 4.42. The van der Waals surface area contributed by atoms with Gasteiger partial charge in [-0.3, -0.25) is 15.0 Å². The number of rotatable bonds is 7. The number of ether oxygens (including phenoxy) is 1. The summed E-state index contributed by atoms with van der Waals surface area (Å²) in [6, 6.07) is 13.7. The van der Waals surface area contributed by atoms with Crippen molar-refractivity contribution in [3.05, 3.63) is 70.1 Å². The van der Waals surface area contributed by atoms with E-state index >= 15 is 0 Å². The summed E-state index contributed by atoms with van der Waals surface area (Å²) in [5.41, 5.74) is 4.70. The Labute approximate surface area is 189 Å². The van der Waals surface area contributed by atoms with Crippen molar-refractivity contribution in [2.45, 2.75) is 26.4 Å². The standard InChI is InChI=1S/C22H20N2O5S2/c1-3-17(21(27)28)29-16-10-6-14(7-11-16)12-18-20(26)24(22(30)31-18)23-19(25)15-8-4-13(2)5-9-15/h4-12,17H,3H2,1-2H3,(H,23,25)(H,27,28)/b18-12+. The van der Waals surface area contributed by atoms with Crippen molar-refractivity contribution in [3.8, 4) is 5.75 Å². The van der Waals surface area contributed by atoms with E-state index in [-0.39, 0.29) is 4.32 Å². The van der Waals surface area contributed by atoms with Gasteiger partial charge in [0.15, 0.2) is 10.4 Å². The highest BCUT2D eigenvalue weighted by atomic mass is 32.2. The second-order valence-corrected chi connectivity index (χ2v) is 8.42.